The molecule has 1 amide bonds. The van der Waals surface area contributed by atoms with Crippen molar-refractivity contribution in [2.45, 2.75) is 13.8 Å². The van der Waals surface area contributed by atoms with E-state index in [4.69, 9.17) is 11.6 Å². The van der Waals surface area contributed by atoms with Crippen molar-refractivity contribution in [1.82, 2.24) is 5.32 Å². The second-order valence-corrected chi connectivity index (χ2v) is 8.24. The van der Waals surface area contributed by atoms with Gasteiger partial charge < -0.3 is 5.32 Å². The number of nitrogens with zero attached hydrogens (tertiary/aromatic N) is 1. The molecular formula is C18H20ClFN2O3S. The van der Waals surface area contributed by atoms with Crippen LogP contribution >= 0.6 is 11.6 Å². The number of para-hydroxylation sites is 1. The summed E-state index contributed by atoms with van der Waals surface area (Å²) in [7, 11) is -3.56. The molecule has 0 spiro atoms. The van der Waals surface area contributed by atoms with Crippen molar-refractivity contribution in [2.75, 3.05) is 23.7 Å². The number of carbonyl (C=O) groups is 1. The van der Waals surface area contributed by atoms with Gasteiger partial charge in [0.2, 0.25) is 10.0 Å². The fourth-order valence-corrected chi connectivity index (χ4v) is 4.01. The average Bonchev–Trinajstić information content (AvgIpc) is 2.52. The maximum absolute atomic E-state index is 13.8. The molecule has 2 aromatic carbocycles. The minimum atomic E-state index is -3.56. The lowest BCUT2D eigenvalue weighted by Crippen LogP contribution is -2.39. The molecule has 8 heteroatoms. The van der Waals surface area contributed by atoms with E-state index in [9.17, 15) is 17.6 Å². The SMILES string of the molecule is Cc1cccc(C)c1N(CCNC(=O)c1c(F)cccc1Cl)S(C)(=O)=O. The van der Waals surface area contributed by atoms with Gasteiger partial charge in [-0.3, -0.25) is 9.10 Å². The van der Waals surface area contributed by atoms with Crippen LogP contribution in [-0.4, -0.2) is 33.7 Å². The fraction of sp³-hybridized carbons (Fsp3) is 0.278. The topological polar surface area (TPSA) is 66.5 Å². The van der Waals surface area contributed by atoms with Gasteiger partial charge in [-0.25, -0.2) is 12.8 Å². The summed E-state index contributed by atoms with van der Waals surface area (Å²) in [6, 6.07) is 9.44. The van der Waals surface area contributed by atoms with Crippen LogP contribution in [0.5, 0.6) is 0 Å². The van der Waals surface area contributed by atoms with E-state index >= 15 is 0 Å². The van der Waals surface area contributed by atoms with Crippen LogP contribution in [0.4, 0.5) is 10.1 Å². The molecule has 0 bridgehead atoms. The Kier molecular flexibility index (Phi) is 6.26. The molecule has 0 fully saturated rings. The zero-order valence-corrected chi connectivity index (χ0v) is 16.3. The third-order valence-electron chi connectivity index (χ3n) is 3.88. The Balaban J connectivity index is 2.18. The van der Waals surface area contributed by atoms with Gasteiger partial charge in [-0.2, -0.15) is 0 Å². The second kappa shape index (κ2) is 8.05. The Bertz CT molecular complexity index is 892. The van der Waals surface area contributed by atoms with Gasteiger partial charge in [0.25, 0.3) is 5.91 Å². The first-order valence-corrected chi connectivity index (χ1v) is 10.1. The highest BCUT2D eigenvalue weighted by molar-refractivity contribution is 7.92. The Morgan fingerprint density at radius 3 is 2.27 bits per heavy atom. The molecule has 140 valence electrons. The van der Waals surface area contributed by atoms with Crippen molar-refractivity contribution in [3.8, 4) is 0 Å². The van der Waals surface area contributed by atoms with Crippen LogP contribution in [-0.2, 0) is 10.0 Å². The van der Waals surface area contributed by atoms with E-state index < -0.39 is 21.7 Å². The summed E-state index contributed by atoms with van der Waals surface area (Å²) in [5.41, 5.74) is 1.93. The molecule has 0 atom stereocenters. The molecule has 0 unspecified atom stereocenters. The largest absolute Gasteiger partial charge is 0.350 e. The summed E-state index contributed by atoms with van der Waals surface area (Å²) in [6.07, 6.45) is 1.11. The zero-order chi connectivity index (χ0) is 19.5. The maximum atomic E-state index is 13.8. The maximum Gasteiger partial charge on any atom is 0.255 e. The second-order valence-electron chi connectivity index (χ2n) is 5.93. The van der Waals surface area contributed by atoms with Crippen LogP contribution < -0.4 is 9.62 Å². The molecule has 0 saturated heterocycles. The molecule has 0 aliphatic rings. The van der Waals surface area contributed by atoms with Crippen LogP contribution in [0.3, 0.4) is 0 Å². The van der Waals surface area contributed by atoms with Crippen LogP contribution in [0.15, 0.2) is 36.4 Å². The quantitative estimate of drug-likeness (QED) is 0.811. The van der Waals surface area contributed by atoms with Gasteiger partial charge in [0.1, 0.15) is 5.82 Å². The highest BCUT2D eigenvalue weighted by atomic mass is 35.5. The third kappa shape index (κ3) is 4.53. The van der Waals surface area contributed by atoms with E-state index in [1.165, 1.54) is 16.4 Å². The summed E-state index contributed by atoms with van der Waals surface area (Å²) in [4.78, 5) is 12.2. The van der Waals surface area contributed by atoms with Gasteiger partial charge in [0, 0.05) is 6.54 Å². The number of sulfonamides is 1. The Morgan fingerprint density at radius 1 is 1.15 bits per heavy atom. The number of hydrogen-bond donors (Lipinski definition) is 1. The first-order valence-electron chi connectivity index (χ1n) is 7.89. The first kappa shape index (κ1) is 20.2. The summed E-state index contributed by atoms with van der Waals surface area (Å²) in [5.74, 6) is -1.42. The molecular weight excluding hydrogens is 379 g/mol. The number of amides is 1. The minimum absolute atomic E-state index is 0.00258. The molecule has 0 radical (unpaired) electrons. The van der Waals surface area contributed by atoms with Crippen molar-refractivity contribution in [2.24, 2.45) is 0 Å². The molecule has 0 saturated carbocycles. The minimum Gasteiger partial charge on any atom is -0.350 e. The summed E-state index contributed by atoms with van der Waals surface area (Å²) >= 11 is 5.87. The van der Waals surface area contributed by atoms with Gasteiger partial charge in [0.05, 0.1) is 29.1 Å². The normalized spacial score (nSPS) is 11.3. The number of nitrogens with one attached hydrogen (secondary N) is 1. The Morgan fingerprint density at radius 2 is 1.73 bits per heavy atom. The van der Waals surface area contributed by atoms with E-state index in [1.807, 2.05) is 32.0 Å². The number of hydrogen-bond acceptors (Lipinski definition) is 3. The van der Waals surface area contributed by atoms with Crippen LogP contribution in [0.2, 0.25) is 5.02 Å². The lowest BCUT2D eigenvalue weighted by molar-refractivity contribution is 0.0951. The van der Waals surface area contributed by atoms with Crippen molar-refractivity contribution in [3.05, 3.63) is 63.9 Å². The fourth-order valence-electron chi connectivity index (χ4n) is 2.72. The molecule has 5 nitrogen and oxygen atoms in total. The van der Waals surface area contributed by atoms with Crippen LogP contribution in [0.25, 0.3) is 0 Å². The zero-order valence-electron chi connectivity index (χ0n) is 14.7. The molecule has 1 N–H and O–H groups in total. The predicted molar refractivity (Wildman–Crippen MR) is 102 cm³/mol. The standard InChI is InChI=1S/C18H20ClFN2O3S/c1-12-6-4-7-13(2)17(12)22(26(3,24)25)11-10-21-18(23)16-14(19)8-5-9-15(16)20/h4-9H,10-11H2,1-3H3,(H,21,23). The molecule has 2 rings (SSSR count). The lowest BCUT2D eigenvalue weighted by Gasteiger charge is -2.26. The van der Waals surface area contributed by atoms with E-state index in [0.29, 0.717) is 5.69 Å². The molecule has 26 heavy (non-hydrogen) atoms. The van der Waals surface area contributed by atoms with Crippen LogP contribution in [0, 0.1) is 19.7 Å². The van der Waals surface area contributed by atoms with E-state index in [-0.39, 0.29) is 23.7 Å². The Hall–Kier alpha value is -2.12. The first-order chi connectivity index (χ1) is 12.1. The highest BCUT2D eigenvalue weighted by Crippen LogP contribution is 2.26. The third-order valence-corrected chi connectivity index (χ3v) is 5.36. The number of benzene rings is 2. The van der Waals surface area contributed by atoms with Gasteiger partial charge in [-0.15, -0.1) is 0 Å². The number of aryl methyl sites for hydroxylation is 2. The monoisotopic (exact) mass is 398 g/mol. The summed E-state index contributed by atoms with van der Waals surface area (Å²) < 4.78 is 39.5. The predicted octanol–water partition coefficient (Wildman–Crippen LogP) is 3.29. The van der Waals surface area contributed by atoms with Crippen LogP contribution in [0.1, 0.15) is 21.5 Å². The summed E-state index contributed by atoms with van der Waals surface area (Å²) in [5, 5.41) is 2.52. The van der Waals surface area contributed by atoms with Crippen molar-refractivity contribution < 1.29 is 17.6 Å². The molecule has 2 aromatic rings. The van der Waals surface area contributed by atoms with Crippen molar-refractivity contribution in [1.29, 1.82) is 0 Å². The van der Waals surface area contributed by atoms with Gasteiger partial charge in [0.15, 0.2) is 0 Å². The van der Waals surface area contributed by atoms with E-state index in [0.717, 1.165) is 23.4 Å². The number of carbonyl (C=O) groups excluding carboxylic acids is 1. The molecule has 0 aromatic heterocycles. The van der Waals surface area contributed by atoms with Crippen molar-refractivity contribution >= 4 is 33.2 Å². The molecule has 0 heterocycles. The van der Waals surface area contributed by atoms with Gasteiger partial charge in [-0.1, -0.05) is 35.9 Å². The smallest absolute Gasteiger partial charge is 0.255 e. The summed E-state index contributed by atoms with van der Waals surface area (Å²) in [6.45, 7) is 3.66. The van der Waals surface area contributed by atoms with E-state index in [1.54, 1.807) is 0 Å². The number of rotatable bonds is 6. The lowest BCUT2D eigenvalue weighted by atomic mass is 10.1. The average molecular weight is 399 g/mol. The Labute approximate surface area is 157 Å². The van der Waals surface area contributed by atoms with Gasteiger partial charge in [-0.05, 0) is 37.1 Å². The molecule has 0 aliphatic carbocycles. The number of halogens is 2. The molecule has 0 aliphatic heterocycles. The van der Waals surface area contributed by atoms with Gasteiger partial charge >= 0.3 is 0 Å². The number of anilines is 1. The van der Waals surface area contributed by atoms with E-state index in [2.05, 4.69) is 5.32 Å². The highest BCUT2D eigenvalue weighted by Gasteiger charge is 2.22. The van der Waals surface area contributed by atoms with Crippen molar-refractivity contribution in [3.63, 3.8) is 0 Å².